The molecule has 1 aliphatic rings. The van der Waals surface area contributed by atoms with Crippen molar-refractivity contribution < 1.29 is 0 Å². The number of rotatable bonds is 1. The molecule has 1 unspecified atom stereocenters. The van der Waals surface area contributed by atoms with Gasteiger partial charge in [-0.05, 0) is 37.2 Å². The monoisotopic (exact) mass is 264 g/mol. The summed E-state index contributed by atoms with van der Waals surface area (Å²) in [5.41, 5.74) is 1.34. The molecule has 1 aliphatic heterocycles. The summed E-state index contributed by atoms with van der Waals surface area (Å²) in [5, 5.41) is 4.72. The largest absolute Gasteiger partial charge is 0.343 e. The molecule has 3 heteroatoms. The van der Waals surface area contributed by atoms with E-state index < -0.39 is 0 Å². The van der Waals surface area contributed by atoms with Crippen LogP contribution in [0.1, 0.15) is 12.5 Å². The summed E-state index contributed by atoms with van der Waals surface area (Å²) in [4.78, 5) is 0. The lowest BCUT2D eigenvalue weighted by atomic mass is 10.2. The smallest absolute Gasteiger partial charge is 0.0484 e. The molecule has 2 heterocycles. The first-order chi connectivity index (χ1) is 7.34. The Labute approximate surface area is 97.4 Å². The van der Waals surface area contributed by atoms with Crippen LogP contribution in [0.15, 0.2) is 34.9 Å². The van der Waals surface area contributed by atoms with E-state index in [9.17, 15) is 0 Å². The van der Waals surface area contributed by atoms with Crippen LogP contribution in [0.25, 0.3) is 10.9 Å². The second-order valence-corrected chi connectivity index (χ2v) is 4.99. The minimum absolute atomic E-state index is 0.628. The van der Waals surface area contributed by atoms with Gasteiger partial charge < -0.3 is 9.88 Å². The molecule has 1 aromatic heterocycles. The lowest BCUT2D eigenvalue weighted by Gasteiger charge is -2.12. The van der Waals surface area contributed by atoms with Gasteiger partial charge >= 0.3 is 0 Å². The summed E-state index contributed by atoms with van der Waals surface area (Å²) >= 11 is 3.50. The van der Waals surface area contributed by atoms with E-state index >= 15 is 0 Å². The van der Waals surface area contributed by atoms with E-state index in [2.05, 4.69) is 56.3 Å². The predicted octanol–water partition coefficient (Wildman–Crippen LogP) is 2.94. The van der Waals surface area contributed by atoms with Gasteiger partial charge in [0, 0.05) is 34.2 Å². The molecule has 1 N–H and O–H groups in total. The fourth-order valence-electron chi connectivity index (χ4n) is 2.33. The van der Waals surface area contributed by atoms with Crippen molar-refractivity contribution in [1.82, 2.24) is 9.88 Å². The lowest BCUT2D eigenvalue weighted by Crippen LogP contribution is -2.12. The quantitative estimate of drug-likeness (QED) is 0.838. The highest BCUT2D eigenvalue weighted by molar-refractivity contribution is 9.10. The van der Waals surface area contributed by atoms with Crippen LogP contribution < -0.4 is 5.32 Å². The second kappa shape index (κ2) is 3.65. The van der Waals surface area contributed by atoms with Gasteiger partial charge in [0.25, 0.3) is 0 Å². The zero-order valence-electron chi connectivity index (χ0n) is 8.41. The Morgan fingerprint density at radius 3 is 3.07 bits per heavy atom. The number of nitrogens with one attached hydrogen (secondary N) is 1. The van der Waals surface area contributed by atoms with Crippen molar-refractivity contribution in [3.8, 4) is 0 Å². The van der Waals surface area contributed by atoms with E-state index in [0.29, 0.717) is 6.04 Å². The molecule has 15 heavy (non-hydrogen) atoms. The van der Waals surface area contributed by atoms with E-state index in [4.69, 9.17) is 0 Å². The second-order valence-electron chi connectivity index (χ2n) is 4.07. The van der Waals surface area contributed by atoms with Gasteiger partial charge in [0.1, 0.15) is 0 Å². The van der Waals surface area contributed by atoms with Crippen LogP contribution in [-0.4, -0.2) is 17.7 Å². The first-order valence-electron chi connectivity index (χ1n) is 5.31. The minimum Gasteiger partial charge on any atom is -0.343 e. The van der Waals surface area contributed by atoms with Crippen LogP contribution in [0.2, 0.25) is 0 Å². The molecule has 2 nitrogen and oxygen atoms in total. The molecule has 78 valence electrons. The molecular formula is C12H13BrN2. The Morgan fingerprint density at radius 2 is 2.27 bits per heavy atom. The number of hydrogen-bond donors (Lipinski definition) is 1. The van der Waals surface area contributed by atoms with Crippen molar-refractivity contribution in [3.05, 3.63) is 34.9 Å². The van der Waals surface area contributed by atoms with Crippen LogP contribution in [0.3, 0.4) is 0 Å². The SMILES string of the molecule is Brc1ccc2c(ccn2C2CCNC2)c1. The van der Waals surface area contributed by atoms with Crippen LogP contribution in [-0.2, 0) is 0 Å². The first-order valence-corrected chi connectivity index (χ1v) is 6.11. The van der Waals surface area contributed by atoms with Gasteiger partial charge in [0.05, 0.1) is 0 Å². The summed E-state index contributed by atoms with van der Waals surface area (Å²) in [7, 11) is 0. The third kappa shape index (κ3) is 1.60. The minimum atomic E-state index is 0.628. The van der Waals surface area contributed by atoms with Gasteiger partial charge in [-0.3, -0.25) is 0 Å². The first kappa shape index (κ1) is 9.43. The fraction of sp³-hybridized carbons (Fsp3) is 0.333. The highest BCUT2D eigenvalue weighted by Gasteiger charge is 2.17. The number of halogens is 1. The Morgan fingerprint density at radius 1 is 1.33 bits per heavy atom. The molecule has 0 amide bonds. The molecular weight excluding hydrogens is 252 g/mol. The number of benzene rings is 1. The van der Waals surface area contributed by atoms with Gasteiger partial charge in [-0.25, -0.2) is 0 Å². The number of nitrogens with zero attached hydrogens (tertiary/aromatic N) is 1. The van der Waals surface area contributed by atoms with E-state index in [1.165, 1.54) is 17.3 Å². The van der Waals surface area contributed by atoms with Crippen LogP contribution in [0, 0.1) is 0 Å². The average molecular weight is 265 g/mol. The molecule has 2 aromatic rings. The summed E-state index contributed by atoms with van der Waals surface area (Å²) in [6.07, 6.45) is 3.44. The topological polar surface area (TPSA) is 17.0 Å². The number of hydrogen-bond acceptors (Lipinski definition) is 1. The van der Waals surface area contributed by atoms with Crippen molar-refractivity contribution in [3.63, 3.8) is 0 Å². The number of aromatic nitrogens is 1. The zero-order valence-corrected chi connectivity index (χ0v) is 10.00. The van der Waals surface area contributed by atoms with Crippen molar-refractivity contribution in [2.75, 3.05) is 13.1 Å². The van der Waals surface area contributed by atoms with Gasteiger partial charge in [0.2, 0.25) is 0 Å². The fourth-order valence-corrected chi connectivity index (χ4v) is 2.71. The molecule has 1 aromatic carbocycles. The predicted molar refractivity (Wildman–Crippen MR) is 66.2 cm³/mol. The maximum absolute atomic E-state index is 3.50. The number of fused-ring (bicyclic) bond motifs is 1. The van der Waals surface area contributed by atoms with Crippen LogP contribution >= 0.6 is 15.9 Å². The molecule has 0 bridgehead atoms. The molecule has 1 saturated heterocycles. The normalized spacial score (nSPS) is 21.3. The summed E-state index contributed by atoms with van der Waals surface area (Å²) < 4.78 is 3.54. The molecule has 1 atom stereocenters. The zero-order chi connectivity index (χ0) is 10.3. The molecule has 1 fully saturated rings. The van der Waals surface area contributed by atoms with Gasteiger partial charge in [-0.15, -0.1) is 0 Å². The maximum atomic E-state index is 3.50. The van der Waals surface area contributed by atoms with Crippen molar-refractivity contribution >= 4 is 26.8 Å². The highest BCUT2D eigenvalue weighted by Crippen LogP contribution is 2.25. The highest BCUT2D eigenvalue weighted by atomic mass is 79.9. The van der Waals surface area contributed by atoms with Crippen molar-refractivity contribution in [2.45, 2.75) is 12.5 Å². The van der Waals surface area contributed by atoms with Gasteiger partial charge in [0.15, 0.2) is 0 Å². The Hall–Kier alpha value is -0.800. The lowest BCUT2D eigenvalue weighted by molar-refractivity contribution is 0.565. The third-order valence-electron chi connectivity index (χ3n) is 3.11. The standard InChI is InChI=1S/C12H13BrN2/c13-10-1-2-12-9(7-10)4-6-15(12)11-3-5-14-8-11/h1-2,4,6-7,11,14H,3,5,8H2. The van der Waals surface area contributed by atoms with Gasteiger partial charge in [-0.2, -0.15) is 0 Å². The maximum Gasteiger partial charge on any atom is 0.0484 e. The van der Waals surface area contributed by atoms with E-state index in [-0.39, 0.29) is 0 Å². The Balaban J connectivity index is 2.11. The molecule has 0 aliphatic carbocycles. The van der Waals surface area contributed by atoms with Crippen molar-refractivity contribution in [2.24, 2.45) is 0 Å². The molecule has 3 rings (SSSR count). The van der Waals surface area contributed by atoms with Crippen molar-refractivity contribution in [1.29, 1.82) is 0 Å². The third-order valence-corrected chi connectivity index (χ3v) is 3.60. The van der Waals surface area contributed by atoms with Crippen LogP contribution in [0.4, 0.5) is 0 Å². The van der Waals surface area contributed by atoms with Crippen LogP contribution in [0.5, 0.6) is 0 Å². The summed E-state index contributed by atoms with van der Waals surface area (Å²) in [5.74, 6) is 0. The average Bonchev–Trinajstić information content (AvgIpc) is 2.82. The van der Waals surface area contributed by atoms with E-state index in [1.807, 2.05) is 0 Å². The Bertz CT molecular complexity index is 483. The van der Waals surface area contributed by atoms with E-state index in [1.54, 1.807) is 0 Å². The summed E-state index contributed by atoms with van der Waals surface area (Å²) in [6.45, 7) is 2.24. The summed E-state index contributed by atoms with van der Waals surface area (Å²) in [6, 6.07) is 9.30. The molecule has 0 radical (unpaired) electrons. The molecule has 0 saturated carbocycles. The van der Waals surface area contributed by atoms with Gasteiger partial charge in [-0.1, -0.05) is 15.9 Å². The molecule has 0 spiro atoms. The Kier molecular flexibility index (Phi) is 2.29. The van der Waals surface area contributed by atoms with E-state index in [0.717, 1.165) is 17.6 Å².